The van der Waals surface area contributed by atoms with Gasteiger partial charge in [-0.15, -0.1) is 12.4 Å². The van der Waals surface area contributed by atoms with E-state index in [9.17, 15) is 9.18 Å². The molecule has 0 saturated heterocycles. The molecule has 8 heteroatoms. The first-order valence-corrected chi connectivity index (χ1v) is 8.87. The molecule has 4 aromatic rings. The van der Waals surface area contributed by atoms with E-state index < -0.39 is 0 Å². The van der Waals surface area contributed by atoms with E-state index in [-0.39, 0.29) is 24.3 Å². The Morgan fingerprint density at radius 2 is 1.83 bits per heavy atom. The fourth-order valence-electron chi connectivity index (χ4n) is 3.00. The molecule has 148 valence electrons. The minimum Gasteiger partial charge on any atom is -0.338 e. The third-order valence-electron chi connectivity index (χ3n) is 4.32. The summed E-state index contributed by atoms with van der Waals surface area (Å²) in [4.78, 5) is 20.4. The van der Waals surface area contributed by atoms with E-state index in [4.69, 9.17) is 0 Å². The zero-order chi connectivity index (χ0) is 19.5. The molecule has 0 bridgehead atoms. The van der Waals surface area contributed by atoms with Gasteiger partial charge in [0, 0.05) is 24.5 Å². The Hall–Kier alpha value is -3.45. The minimum absolute atomic E-state index is 0. The summed E-state index contributed by atoms with van der Waals surface area (Å²) in [7, 11) is 0. The number of amides is 2. The molecule has 0 aliphatic carbocycles. The second kappa shape index (κ2) is 8.70. The van der Waals surface area contributed by atoms with Crippen LogP contribution >= 0.6 is 12.4 Å². The molecule has 0 radical (unpaired) electrons. The summed E-state index contributed by atoms with van der Waals surface area (Å²) >= 11 is 0. The number of nitrogens with zero attached hydrogens (tertiary/aromatic N) is 3. The van der Waals surface area contributed by atoms with E-state index in [1.54, 1.807) is 30.7 Å². The molecule has 0 unspecified atom stereocenters. The SMILES string of the molecule is CCNC(=O)Nc1cncc(-c2cnc3cc(-c4ccc(F)cc4)ccn23)c1.Cl. The van der Waals surface area contributed by atoms with Crippen molar-refractivity contribution in [3.63, 3.8) is 0 Å². The third-order valence-corrected chi connectivity index (χ3v) is 4.32. The number of urea groups is 1. The van der Waals surface area contributed by atoms with Crippen molar-refractivity contribution in [3.8, 4) is 22.4 Å². The normalized spacial score (nSPS) is 10.4. The van der Waals surface area contributed by atoms with E-state index in [2.05, 4.69) is 20.6 Å². The molecular formula is C21H19ClFN5O. The number of carbonyl (C=O) groups is 1. The Bertz CT molecular complexity index is 1140. The quantitative estimate of drug-likeness (QED) is 0.508. The molecule has 4 rings (SSSR count). The number of hydrogen-bond acceptors (Lipinski definition) is 3. The van der Waals surface area contributed by atoms with Crippen LogP contribution in [0.2, 0.25) is 0 Å². The molecule has 2 amide bonds. The van der Waals surface area contributed by atoms with Gasteiger partial charge in [-0.25, -0.2) is 14.2 Å². The van der Waals surface area contributed by atoms with Gasteiger partial charge in [-0.3, -0.25) is 9.38 Å². The number of hydrogen-bond donors (Lipinski definition) is 2. The van der Waals surface area contributed by atoms with Crippen LogP contribution < -0.4 is 10.6 Å². The lowest BCUT2D eigenvalue weighted by Gasteiger charge is -2.08. The monoisotopic (exact) mass is 411 g/mol. The maximum atomic E-state index is 13.1. The number of carbonyl (C=O) groups excluding carboxylic acids is 1. The average Bonchev–Trinajstić information content (AvgIpc) is 3.12. The largest absolute Gasteiger partial charge is 0.338 e. The molecule has 0 aliphatic heterocycles. The van der Waals surface area contributed by atoms with Crippen LogP contribution in [0.5, 0.6) is 0 Å². The van der Waals surface area contributed by atoms with Crippen molar-refractivity contribution in [1.82, 2.24) is 19.7 Å². The summed E-state index contributed by atoms with van der Waals surface area (Å²) in [5, 5.41) is 5.44. The molecule has 3 aromatic heterocycles. The van der Waals surface area contributed by atoms with Crippen LogP contribution in [0.25, 0.3) is 28.0 Å². The lowest BCUT2D eigenvalue weighted by Crippen LogP contribution is -2.28. The number of anilines is 1. The van der Waals surface area contributed by atoms with E-state index in [1.165, 1.54) is 12.1 Å². The number of rotatable bonds is 4. The van der Waals surface area contributed by atoms with Gasteiger partial charge in [0.1, 0.15) is 11.5 Å². The van der Waals surface area contributed by atoms with Crippen LogP contribution in [-0.2, 0) is 0 Å². The molecule has 6 nitrogen and oxygen atoms in total. The molecule has 1 aromatic carbocycles. The van der Waals surface area contributed by atoms with Crippen molar-refractivity contribution in [2.75, 3.05) is 11.9 Å². The number of pyridine rings is 2. The van der Waals surface area contributed by atoms with Crippen molar-refractivity contribution < 1.29 is 9.18 Å². The van der Waals surface area contributed by atoms with Crippen molar-refractivity contribution in [2.24, 2.45) is 0 Å². The van der Waals surface area contributed by atoms with E-state index in [0.717, 1.165) is 28.0 Å². The molecule has 0 spiro atoms. The lowest BCUT2D eigenvalue weighted by molar-refractivity contribution is 0.252. The standard InChI is InChI=1S/C21H18FN5O.ClH/c1-2-24-21(28)26-18-9-16(11-23-12-18)19-13-25-20-10-15(7-8-27(19)20)14-3-5-17(22)6-4-14;/h3-13H,2H2,1H3,(H2,24,26,28);1H. The first kappa shape index (κ1) is 20.3. The van der Waals surface area contributed by atoms with E-state index >= 15 is 0 Å². The van der Waals surface area contributed by atoms with Crippen LogP contribution in [0.15, 0.2) is 67.3 Å². The molecule has 3 heterocycles. The van der Waals surface area contributed by atoms with Crippen LogP contribution in [0, 0.1) is 5.82 Å². The molecule has 2 N–H and O–H groups in total. The van der Waals surface area contributed by atoms with Crippen LogP contribution in [0.4, 0.5) is 14.9 Å². The Morgan fingerprint density at radius 3 is 2.59 bits per heavy atom. The molecule has 29 heavy (non-hydrogen) atoms. The smallest absolute Gasteiger partial charge is 0.319 e. The van der Waals surface area contributed by atoms with Gasteiger partial charge in [-0.05, 0) is 48.4 Å². The van der Waals surface area contributed by atoms with Gasteiger partial charge >= 0.3 is 6.03 Å². The average molecular weight is 412 g/mol. The summed E-state index contributed by atoms with van der Waals surface area (Å²) in [6.45, 7) is 2.40. The van der Waals surface area contributed by atoms with E-state index in [0.29, 0.717) is 12.2 Å². The Morgan fingerprint density at radius 1 is 1.03 bits per heavy atom. The molecule has 0 aliphatic rings. The van der Waals surface area contributed by atoms with E-state index in [1.807, 2.05) is 35.7 Å². The van der Waals surface area contributed by atoms with Gasteiger partial charge < -0.3 is 10.6 Å². The van der Waals surface area contributed by atoms with Crippen molar-refractivity contribution in [2.45, 2.75) is 6.92 Å². The second-order valence-corrected chi connectivity index (χ2v) is 6.24. The number of aromatic nitrogens is 3. The number of halogens is 2. The zero-order valence-corrected chi connectivity index (χ0v) is 16.4. The summed E-state index contributed by atoms with van der Waals surface area (Å²) in [6, 6.07) is 11.8. The number of imidazole rings is 1. The Balaban J connectivity index is 0.00000240. The number of nitrogens with one attached hydrogen (secondary N) is 2. The molecule has 0 fully saturated rings. The van der Waals surface area contributed by atoms with Crippen LogP contribution in [0.3, 0.4) is 0 Å². The Kier molecular flexibility index (Phi) is 6.09. The summed E-state index contributed by atoms with van der Waals surface area (Å²) in [6.07, 6.45) is 6.99. The predicted molar refractivity (Wildman–Crippen MR) is 114 cm³/mol. The predicted octanol–water partition coefficient (Wildman–Crippen LogP) is 4.77. The number of fused-ring (bicyclic) bond motifs is 1. The van der Waals surface area contributed by atoms with Gasteiger partial charge in [0.2, 0.25) is 0 Å². The summed E-state index contributed by atoms with van der Waals surface area (Å²) in [5.41, 5.74) is 4.92. The Labute approximate surface area is 173 Å². The van der Waals surface area contributed by atoms with Crippen molar-refractivity contribution in [3.05, 3.63) is 73.1 Å². The van der Waals surface area contributed by atoms with Gasteiger partial charge in [0.25, 0.3) is 0 Å². The first-order chi connectivity index (χ1) is 13.6. The maximum absolute atomic E-state index is 13.1. The fourth-order valence-corrected chi connectivity index (χ4v) is 3.00. The highest BCUT2D eigenvalue weighted by Crippen LogP contribution is 2.26. The molecule has 0 saturated carbocycles. The van der Waals surface area contributed by atoms with Gasteiger partial charge in [0.05, 0.1) is 23.8 Å². The van der Waals surface area contributed by atoms with Crippen LogP contribution in [0.1, 0.15) is 6.92 Å². The van der Waals surface area contributed by atoms with Gasteiger partial charge in [0.15, 0.2) is 0 Å². The van der Waals surface area contributed by atoms with Crippen LogP contribution in [-0.4, -0.2) is 26.9 Å². The minimum atomic E-state index is -0.275. The lowest BCUT2D eigenvalue weighted by atomic mass is 10.1. The second-order valence-electron chi connectivity index (χ2n) is 6.24. The third kappa shape index (κ3) is 4.35. The highest BCUT2D eigenvalue weighted by Gasteiger charge is 2.09. The zero-order valence-electron chi connectivity index (χ0n) is 15.6. The fraction of sp³-hybridized carbons (Fsp3) is 0.0952. The van der Waals surface area contributed by atoms with Gasteiger partial charge in [-0.2, -0.15) is 0 Å². The summed E-state index contributed by atoms with van der Waals surface area (Å²) < 4.78 is 15.1. The van der Waals surface area contributed by atoms with Gasteiger partial charge in [-0.1, -0.05) is 12.1 Å². The molecular weight excluding hydrogens is 393 g/mol. The van der Waals surface area contributed by atoms with Crippen molar-refractivity contribution in [1.29, 1.82) is 0 Å². The molecule has 0 atom stereocenters. The highest BCUT2D eigenvalue weighted by atomic mass is 35.5. The highest BCUT2D eigenvalue weighted by molar-refractivity contribution is 5.89. The summed E-state index contributed by atoms with van der Waals surface area (Å²) in [5.74, 6) is -0.262. The first-order valence-electron chi connectivity index (χ1n) is 8.87. The number of benzene rings is 1. The maximum Gasteiger partial charge on any atom is 0.319 e. The van der Waals surface area contributed by atoms with Crippen molar-refractivity contribution >= 4 is 29.8 Å². The topological polar surface area (TPSA) is 71.3 Å².